The van der Waals surface area contributed by atoms with Gasteiger partial charge < -0.3 is 19.8 Å². The number of carbonyl (C=O) groups is 1. The summed E-state index contributed by atoms with van der Waals surface area (Å²) in [5.41, 5.74) is 11.8. The number of nitrogen functional groups attached to an aromatic ring is 1. The number of benzene rings is 3. The van der Waals surface area contributed by atoms with Crippen molar-refractivity contribution in [2.24, 2.45) is 0 Å². The summed E-state index contributed by atoms with van der Waals surface area (Å²) in [6, 6.07) is 20.0. The minimum absolute atomic E-state index is 0.336. The van der Waals surface area contributed by atoms with Crippen LogP contribution in [0.5, 0.6) is 5.75 Å². The number of nitrogens with two attached hydrogens (primary N) is 1. The number of hydrogen-bond donors (Lipinski definition) is 2. The van der Waals surface area contributed by atoms with Crippen molar-refractivity contribution in [2.75, 3.05) is 17.7 Å². The Bertz CT molecular complexity index is 1680. The fourth-order valence-electron chi connectivity index (χ4n) is 5.46. The first-order chi connectivity index (χ1) is 21.0. The summed E-state index contributed by atoms with van der Waals surface area (Å²) in [4.78, 5) is 16.5. The van der Waals surface area contributed by atoms with Crippen LogP contribution >= 0.6 is 0 Å². The van der Waals surface area contributed by atoms with Crippen molar-refractivity contribution >= 4 is 28.4 Å². The highest BCUT2D eigenvalue weighted by atomic mass is 19.1. The Morgan fingerprint density at radius 2 is 1.88 bits per heavy atom. The third kappa shape index (κ3) is 6.33. The molecule has 0 aliphatic heterocycles. The fourth-order valence-corrected chi connectivity index (χ4v) is 5.46. The molecule has 0 spiro atoms. The van der Waals surface area contributed by atoms with Crippen LogP contribution in [0.3, 0.4) is 0 Å². The number of amides is 1. The Labute approximate surface area is 249 Å². The van der Waals surface area contributed by atoms with Gasteiger partial charge in [-0.25, -0.2) is 14.2 Å². The number of halogens is 1. The van der Waals surface area contributed by atoms with Gasteiger partial charge in [-0.3, -0.25) is 10.00 Å². The predicted molar refractivity (Wildman–Crippen MR) is 164 cm³/mol. The molecule has 5 aromatic rings. The Hall–Kier alpha value is -4.86. The lowest BCUT2D eigenvalue weighted by atomic mass is 9.92. The van der Waals surface area contributed by atoms with Crippen LogP contribution in [0, 0.1) is 5.82 Å². The van der Waals surface area contributed by atoms with Gasteiger partial charge in [-0.15, -0.1) is 0 Å². The largest absolute Gasteiger partial charge is 0.494 e. The summed E-state index contributed by atoms with van der Waals surface area (Å²) in [6.45, 7) is 3.18. The molecule has 0 bridgehead atoms. The molecule has 1 aliphatic carbocycles. The molecular weight excluding hydrogens is 547 g/mol. The van der Waals surface area contributed by atoms with Crippen molar-refractivity contribution in [3.63, 3.8) is 0 Å². The second-order valence-electron chi connectivity index (χ2n) is 10.9. The minimum Gasteiger partial charge on any atom is -0.494 e. The topological polar surface area (TPSA) is 109 Å². The number of nitrogens with one attached hydrogen (secondary N) is 1. The van der Waals surface area contributed by atoms with Crippen LogP contribution in [0.15, 0.2) is 79.4 Å². The van der Waals surface area contributed by atoms with E-state index in [0.717, 1.165) is 65.8 Å². The third-order valence-electron chi connectivity index (χ3n) is 8.00. The lowest BCUT2D eigenvalue weighted by molar-refractivity contribution is 0.121. The van der Waals surface area contributed by atoms with Gasteiger partial charge in [0.1, 0.15) is 30.3 Å². The first-order valence-electron chi connectivity index (χ1n) is 14.7. The normalized spacial score (nSPS) is 13.9. The molecular formula is C33H35FN6O3. The molecule has 1 unspecified atom stereocenters. The first-order valence-corrected chi connectivity index (χ1v) is 14.7. The maximum Gasteiger partial charge on any atom is 0.412 e. The number of aryl methyl sites for hydroxylation is 1. The number of anilines is 2. The lowest BCUT2D eigenvalue weighted by Gasteiger charge is -2.30. The highest BCUT2D eigenvalue weighted by Gasteiger charge is 2.27. The van der Waals surface area contributed by atoms with Crippen molar-refractivity contribution in [3.05, 3.63) is 90.8 Å². The molecule has 1 atom stereocenters. The number of nitrogens with zero attached hydrogens (tertiary/aromatic N) is 4. The molecule has 1 aliphatic rings. The van der Waals surface area contributed by atoms with E-state index in [1.807, 2.05) is 41.1 Å². The van der Waals surface area contributed by atoms with Gasteiger partial charge in [-0.05, 0) is 81.0 Å². The monoisotopic (exact) mass is 582 g/mol. The summed E-state index contributed by atoms with van der Waals surface area (Å²) < 4.78 is 29.0. The zero-order valence-corrected chi connectivity index (χ0v) is 24.1. The Balaban J connectivity index is 1.15. The lowest BCUT2D eigenvalue weighted by Crippen LogP contribution is -2.18. The molecule has 222 valence electrons. The number of aromatic nitrogens is 4. The maximum absolute atomic E-state index is 13.2. The minimum atomic E-state index is -0.585. The fraction of sp³-hybridized carbons (Fsp3) is 0.303. The molecule has 43 heavy (non-hydrogen) atoms. The van der Waals surface area contributed by atoms with Crippen LogP contribution in [-0.4, -0.2) is 32.0 Å². The highest BCUT2D eigenvalue weighted by molar-refractivity contribution is 6.01. The van der Waals surface area contributed by atoms with Gasteiger partial charge in [0.05, 0.1) is 23.5 Å². The van der Waals surface area contributed by atoms with Gasteiger partial charge in [-0.1, -0.05) is 24.3 Å². The number of carbonyl (C=O) groups excluding carboxylic acids is 1. The summed E-state index contributed by atoms with van der Waals surface area (Å²) in [5, 5.41) is 7.92. The van der Waals surface area contributed by atoms with E-state index in [2.05, 4.69) is 26.0 Å². The maximum atomic E-state index is 13.2. The summed E-state index contributed by atoms with van der Waals surface area (Å²) in [5.74, 6) is 0.489. The quantitative estimate of drug-likeness (QED) is 0.156. The van der Waals surface area contributed by atoms with Gasteiger partial charge in [0.2, 0.25) is 0 Å². The van der Waals surface area contributed by atoms with Crippen LogP contribution in [0.25, 0.3) is 22.2 Å². The molecule has 10 heteroatoms. The van der Waals surface area contributed by atoms with Crippen molar-refractivity contribution < 1.29 is 18.7 Å². The average molecular weight is 583 g/mol. The van der Waals surface area contributed by atoms with Crippen LogP contribution in [0.1, 0.15) is 56.7 Å². The Kier molecular flexibility index (Phi) is 8.26. The molecule has 0 saturated heterocycles. The van der Waals surface area contributed by atoms with E-state index >= 15 is 0 Å². The van der Waals surface area contributed by atoms with Crippen LogP contribution in [-0.2, 0) is 11.3 Å². The molecule has 3 aromatic carbocycles. The summed E-state index contributed by atoms with van der Waals surface area (Å²) in [6.07, 6.45) is 7.41. The van der Waals surface area contributed by atoms with E-state index in [0.29, 0.717) is 23.9 Å². The van der Waals surface area contributed by atoms with Gasteiger partial charge in [0.25, 0.3) is 0 Å². The van der Waals surface area contributed by atoms with Gasteiger partial charge in [0, 0.05) is 35.3 Å². The van der Waals surface area contributed by atoms with Crippen molar-refractivity contribution in [2.45, 2.75) is 57.7 Å². The van der Waals surface area contributed by atoms with Crippen molar-refractivity contribution in [1.82, 2.24) is 19.3 Å². The van der Waals surface area contributed by atoms with E-state index in [4.69, 9.17) is 15.2 Å². The zero-order chi connectivity index (χ0) is 29.8. The highest BCUT2D eigenvalue weighted by Crippen LogP contribution is 2.45. The van der Waals surface area contributed by atoms with Crippen molar-refractivity contribution in [3.8, 4) is 17.0 Å². The second kappa shape index (κ2) is 12.6. The third-order valence-corrected chi connectivity index (χ3v) is 8.00. The Morgan fingerprint density at radius 1 is 1.09 bits per heavy atom. The van der Waals surface area contributed by atoms with E-state index in [1.54, 1.807) is 31.7 Å². The molecule has 1 saturated carbocycles. The molecule has 2 heterocycles. The summed E-state index contributed by atoms with van der Waals surface area (Å²) in [7, 11) is 0. The molecule has 6 rings (SSSR count). The molecule has 3 N–H and O–H groups in total. The van der Waals surface area contributed by atoms with E-state index in [-0.39, 0.29) is 5.82 Å². The molecule has 9 nitrogen and oxygen atoms in total. The van der Waals surface area contributed by atoms with Crippen LogP contribution < -0.4 is 15.8 Å². The van der Waals surface area contributed by atoms with Gasteiger partial charge in [0.15, 0.2) is 0 Å². The number of fused-ring (bicyclic) bond motifs is 1. The number of rotatable bonds is 11. The van der Waals surface area contributed by atoms with E-state index < -0.39 is 12.2 Å². The van der Waals surface area contributed by atoms with Gasteiger partial charge in [-0.2, -0.15) is 5.10 Å². The molecule has 1 fully saturated rings. The number of hydrogen-bond acceptors (Lipinski definition) is 6. The van der Waals surface area contributed by atoms with E-state index in [9.17, 15) is 9.18 Å². The van der Waals surface area contributed by atoms with Crippen LogP contribution in [0.4, 0.5) is 20.6 Å². The van der Waals surface area contributed by atoms with E-state index in [1.165, 1.54) is 18.6 Å². The Morgan fingerprint density at radius 3 is 2.58 bits per heavy atom. The smallest absolute Gasteiger partial charge is 0.412 e. The molecule has 0 radical (unpaired) electrons. The van der Waals surface area contributed by atoms with Crippen LogP contribution in [0.2, 0.25) is 0 Å². The van der Waals surface area contributed by atoms with Gasteiger partial charge >= 0.3 is 6.09 Å². The summed E-state index contributed by atoms with van der Waals surface area (Å²) >= 11 is 0. The number of unbranched alkanes of at least 4 members (excludes halogenated alkanes) is 1. The molecule has 1 amide bonds. The predicted octanol–water partition coefficient (Wildman–Crippen LogP) is 7.52. The van der Waals surface area contributed by atoms with Crippen molar-refractivity contribution in [1.29, 1.82) is 0 Å². The SMILES string of the molecule is CC(OC(=O)Nc1ccc(-c2c(N)c3ccc(OCCCCn4cncn4)cc3n2C2CCC2)cc1)c1ccc(F)cc1. The molecule has 2 aromatic heterocycles. The standard InChI is InChI=1S/C33H35FN6O3/c1-22(23-7-11-25(34)12-8-23)43-33(41)38-26-13-9-24(10-14-26)32-31(35)29-16-15-28(19-30(29)40(32)27-5-4-6-27)42-18-3-2-17-39-21-36-20-37-39/h7-16,19-22,27H,2-6,17-18,35H2,1H3,(H,38,41). The zero-order valence-electron chi connectivity index (χ0n) is 24.1. The number of ether oxygens (including phenoxy) is 2. The second-order valence-corrected chi connectivity index (χ2v) is 10.9. The average Bonchev–Trinajstić information content (AvgIpc) is 3.59. The first kappa shape index (κ1) is 28.3.